The van der Waals surface area contributed by atoms with E-state index in [1.807, 2.05) is 44.4 Å². The van der Waals surface area contributed by atoms with Gasteiger partial charge in [0, 0.05) is 16.5 Å². The lowest BCUT2D eigenvalue weighted by molar-refractivity contribution is 0.0976. The highest BCUT2D eigenvalue weighted by atomic mass is 32.1. The van der Waals surface area contributed by atoms with E-state index in [1.54, 1.807) is 12.1 Å². The molecule has 36 heavy (non-hydrogen) atoms. The van der Waals surface area contributed by atoms with Crippen LogP contribution >= 0.6 is 23.6 Å². The fraction of sp³-hybridized carbons (Fsp3) is 0.222. The van der Waals surface area contributed by atoms with E-state index in [-0.39, 0.29) is 5.11 Å². The van der Waals surface area contributed by atoms with Gasteiger partial charge >= 0.3 is 0 Å². The number of rotatable bonds is 9. The fourth-order valence-electron chi connectivity index (χ4n) is 3.64. The first kappa shape index (κ1) is 25.4. The Balaban J connectivity index is 1.47. The van der Waals surface area contributed by atoms with Gasteiger partial charge in [-0.25, -0.2) is 4.98 Å². The van der Waals surface area contributed by atoms with Crippen LogP contribution in [0.25, 0.3) is 22.0 Å². The van der Waals surface area contributed by atoms with Gasteiger partial charge in [-0.15, -0.1) is 11.3 Å². The van der Waals surface area contributed by atoms with Crippen molar-refractivity contribution in [2.24, 2.45) is 0 Å². The first-order chi connectivity index (χ1) is 17.5. The quantitative estimate of drug-likeness (QED) is 0.251. The van der Waals surface area contributed by atoms with Gasteiger partial charge in [0.2, 0.25) is 5.75 Å². The molecule has 0 unspecified atom stereocenters. The molecule has 0 fully saturated rings. The van der Waals surface area contributed by atoms with Crippen LogP contribution in [0, 0.1) is 0 Å². The van der Waals surface area contributed by atoms with Crippen LogP contribution in [0.1, 0.15) is 31.1 Å². The number of fused-ring (bicyclic) bond motifs is 1. The van der Waals surface area contributed by atoms with E-state index in [2.05, 4.69) is 39.9 Å². The Kier molecular flexibility index (Phi) is 8.35. The van der Waals surface area contributed by atoms with E-state index < -0.39 is 5.91 Å². The van der Waals surface area contributed by atoms with E-state index in [9.17, 15) is 4.79 Å². The second kappa shape index (κ2) is 11.8. The maximum absolute atomic E-state index is 13.0. The number of amides is 1. The second-order valence-corrected chi connectivity index (χ2v) is 8.88. The molecule has 0 aliphatic carbocycles. The molecule has 0 aliphatic heterocycles. The van der Waals surface area contributed by atoms with Gasteiger partial charge in [-0.05, 0) is 62.0 Å². The van der Waals surface area contributed by atoms with Crippen LogP contribution in [0.15, 0.2) is 60.0 Å². The Bertz CT molecular complexity index is 1360. The van der Waals surface area contributed by atoms with Crippen molar-refractivity contribution >= 4 is 50.5 Å². The number of thiocarbonyl (C=S) groups is 1. The highest BCUT2D eigenvalue weighted by Gasteiger charge is 2.19. The Labute approximate surface area is 219 Å². The van der Waals surface area contributed by atoms with Crippen LogP contribution in [-0.4, -0.2) is 35.8 Å². The number of ether oxygens (including phenoxy) is 3. The van der Waals surface area contributed by atoms with Gasteiger partial charge < -0.3 is 19.5 Å². The number of hydrogen-bond donors (Lipinski definition) is 2. The molecule has 2 N–H and O–H groups in total. The standard InChI is InChI=1S/C27H27N3O4S2/c1-4-32-22-14-20(15-23(33-5-2)24(22)34-6-3)25(31)29-26(35)30-27-28-21(16-36-27)19-12-11-17-9-7-8-10-18(17)13-19/h7-16H,4-6H2,1-3H3,(H2,28,29,30,31,35). The molecule has 1 heterocycles. The first-order valence-electron chi connectivity index (χ1n) is 11.7. The Hall–Kier alpha value is -3.69. The molecule has 0 radical (unpaired) electrons. The number of aromatic nitrogens is 1. The lowest BCUT2D eigenvalue weighted by Gasteiger charge is -2.17. The molecular formula is C27H27N3O4S2. The summed E-state index contributed by atoms with van der Waals surface area (Å²) in [5.74, 6) is 0.953. The summed E-state index contributed by atoms with van der Waals surface area (Å²) in [6.07, 6.45) is 0. The zero-order chi connectivity index (χ0) is 25.5. The SMILES string of the molecule is CCOc1cc(C(=O)NC(=S)Nc2nc(-c3ccc4ccccc4c3)cs2)cc(OCC)c1OCC. The summed E-state index contributed by atoms with van der Waals surface area (Å²) < 4.78 is 17.1. The van der Waals surface area contributed by atoms with Crippen LogP contribution in [0.4, 0.5) is 5.13 Å². The van der Waals surface area contributed by atoms with Crippen molar-refractivity contribution in [3.63, 3.8) is 0 Å². The van der Waals surface area contributed by atoms with Crippen molar-refractivity contribution in [2.45, 2.75) is 20.8 Å². The highest BCUT2D eigenvalue weighted by molar-refractivity contribution is 7.80. The lowest BCUT2D eigenvalue weighted by atomic mass is 10.1. The molecule has 0 saturated heterocycles. The van der Waals surface area contributed by atoms with Gasteiger partial charge in [-0.2, -0.15) is 0 Å². The number of thiazole rings is 1. The third kappa shape index (κ3) is 5.92. The summed E-state index contributed by atoms with van der Waals surface area (Å²) in [4.78, 5) is 17.6. The monoisotopic (exact) mass is 521 g/mol. The normalized spacial score (nSPS) is 10.6. The van der Waals surface area contributed by atoms with E-state index >= 15 is 0 Å². The minimum Gasteiger partial charge on any atom is -0.490 e. The topological polar surface area (TPSA) is 81.7 Å². The van der Waals surface area contributed by atoms with Crippen molar-refractivity contribution in [3.8, 4) is 28.5 Å². The van der Waals surface area contributed by atoms with E-state index in [0.717, 1.165) is 16.6 Å². The molecule has 3 aromatic carbocycles. The molecule has 0 spiro atoms. The molecule has 0 aliphatic rings. The number of carbonyl (C=O) groups is 1. The summed E-state index contributed by atoms with van der Waals surface area (Å²) >= 11 is 6.78. The number of nitrogens with zero attached hydrogens (tertiary/aromatic N) is 1. The van der Waals surface area contributed by atoms with Gasteiger partial charge in [0.1, 0.15) is 0 Å². The van der Waals surface area contributed by atoms with Gasteiger partial charge in [0.15, 0.2) is 21.7 Å². The molecule has 186 valence electrons. The van der Waals surface area contributed by atoms with Crippen molar-refractivity contribution in [1.29, 1.82) is 0 Å². The average molecular weight is 522 g/mol. The summed E-state index contributed by atoms with van der Waals surface area (Å²) in [5, 5.41) is 10.7. The third-order valence-electron chi connectivity index (χ3n) is 5.17. The van der Waals surface area contributed by atoms with Crippen molar-refractivity contribution < 1.29 is 19.0 Å². The summed E-state index contributed by atoms with van der Waals surface area (Å²) in [5.41, 5.74) is 2.18. The van der Waals surface area contributed by atoms with Crippen LogP contribution in [-0.2, 0) is 0 Å². The number of anilines is 1. The predicted molar refractivity (Wildman–Crippen MR) is 149 cm³/mol. The van der Waals surface area contributed by atoms with E-state index in [1.165, 1.54) is 16.7 Å². The van der Waals surface area contributed by atoms with Crippen molar-refractivity contribution in [2.75, 3.05) is 25.1 Å². The minimum absolute atomic E-state index is 0.143. The highest BCUT2D eigenvalue weighted by Crippen LogP contribution is 2.39. The van der Waals surface area contributed by atoms with Gasteiger partial charge in [-0.1, -0.05) is 36.4 Å². The van der Waals surface area contributed by atoms with Crippen molar-refractivity contribution in [3.05, 3.63) is 65.5 Å². The Morgan fingerprint density at radius 2 is 1.58 bits per heavy atom. The fourth-order valence-corrected chi connectivity index (χ4v) is 4.61. The molecule has 1 amide bonds. The average Bonchev–Trinajstić information content (AvgIpc) is 3.34. The molecule has 0 bridgehead atoms. The van der Waals surface area contributed by atoms with Crippen LogP contribution < -0.4 is 24.8 Å². The van der Waals surface area contributed by atoms with Gasteiger partial charge in [-0.3, -0.25) is 10.1 Å². The third-order valence-corrected chi connectivity index (χ3v) is 6.13. The maximum Gasteiger partial charge on any atom is 0.257 e. The molecule has 7 nitrogen and oxygen atoms in total. The molecule has 0 atom stereocenters. The molecule has 1 aromatic heterocycles. The summed E-state index contributed by atoms with van der Waals surface area (Å²) in [6.45, 7) is 6.87. The van der Waals surface area contributed by atoms with Crippen LogP contribution in [0.5, 0.6) is 17.2 Å². The summed E-state index contributed by atoms with van der Waals surface area (Å²) in [6, 6.07) is 17.6. The number of carbonyl (C=O) groups excluding carboxylic acids is 1. The largest absolute Gasteiger partial charge is 0.490 e. The van der Waals surface area contributed by atoms with Crippen LogP contribution in [0.3, 0.4) is 0 Å². The second-order valence-electron chi connectivity index (χ2n) is 7.61. The molecule has 9 heteroatoms. The van der Waals surface area contributed by atoms with E-state index in [0.29, 0.717) is 47.8 Å². The van der Waals surface area contributed by atoms with Gasteiger partial charge in [0.25, 0.3) is 5.91 Å². The smallest absolute Gasteiger partial charge is 0.257 e. The molecule has 0 saturated carbocycles. The van der Waals surface area contributed by atoms with Crippen molar-refractivity contribution in [1.82, 2.24) is 10.3 Å². The minimum atomic E-state index is -0.399. The van der Waals surface area contributed by atoms with Crippen LogP contribution in [0.2, 0.25) is 0 Å². The number of nitrogens with one attached hydrogen (secondary N) is 2. The maximum atomic E-state index is 13.0. The molecule has 4 rings (SSSR count). The summed E-state index contributed by atoms with van der Waals surface area (Å²) in [7, 11) is 0. The van der Waals surface area contributed by atoms with Gasteiger partial charge in [0.05, 0.1) is 25.5 Å². The Morgan fingerprint density at radius 3 is 2.25 bits per heavy atom. The zero-order valence-corrected chi connectivity index (χ0v) is 21.9. The molecular weight excluding hydrogens is 494 g/mol. The predicted octanol–water partition coefficient (Wildman–Crippen LogP) is 6.29. The Morgan fingerprint density at radius 1 is 0.917 bits per heavy atom. The number of hydrogen-bond acceptors (Lipinski definition) is 7. The number of benzene rings is 3. The zero-order valence-electron chi connectivity index (χ0n) is 20.3. The first-order valence-corrected chi connectivity index (χ1v) is 12.9. The lowest BCUT2D eigenvalue weighted by Crippen LogP contribution is -2.34. The molecule has 4 aromatic rings. The van der Waals surface area contributed by atoms with E-state index in [4.69, 9.17) is 26.4 Å².